The Hall–Kier alpha value is -1.02. The summed E-state index contributed by atoms with van der Waals surface area (Å²) < 4.78 is 5.56. The van der Waals surface area contributed by atoms with Gasteiger partial charge >= 0.3 is 0 Å². The van der Waals surface area contributed by atoms with Gasteiger partial charge in [-0.3, -0.25) is 4.79 Å². The molecule has 1 atom stereocenters. The minimum atomic E-state index is 0.494. The van der Waals surface area contributed by atoms with E-state index in [1.54, 1.807) is 18.2 Å². The quantitative estimate of drug-likeness (QED) is 0.704. The van der Waals surface area contributed by atoms with Crippen molar-refractivity contribution in [2.24, 2.45) is 5.92 Å². The molecule has 0 fully saturated rings. The van der Waals surface area contributed by atoms with Gasteiger partial charge in [-0.15, -0.1) is 0 Å². The van der Waals surface area contributed by atoms with Gasteiger partial charge in [0.15, 0.2) is 0 Å². The van der Waals surface area contributed by atoms with Gasteiger partial charge in [0.2, 0.25) is 0 Å². The van der Waals surface area contributed by atoms with Crippen molar-refractivity contribution >= 4 is 17.9 Å². The zero-order valence-electron chi connectivity index (χ0n) is 9.70. The van der Waals surface area contributed by atoms with Crippen LogP contribution in [-0.4, -0.2) is 12.9 Å². The molecular formula is C13H17ClO2. The lowest BCUT2D eigenvalue weighted by molar-refractivity contribution is 0.112. The number of carbonyl (C=O) groups is 1. The maximum absolute atomic E-state index is 10.5. The van der Waals surface area contributed by atoms with Gasteiger partial charge in [0.05, 0.1) is 11.6 Å². The van der Waals surface area contributed by atoms with Crippen LogP contribution in [0.25, 0.3) is 0 Å². The standard InChI is InChI=1S/C13H17ClO2/c1-3-10(2)6-7-16-13-5-4-11(9-15)8-12(13)14/h4-5,8-10H,3,6-7H2,1-2H3. The largest absolute Gasteiger partial charge is 0.492 e. The van der Waals surface area contributed by atoms with Crippen LogP contribution in [0.3, 0.4) is 0 Å². The fourth-order valence-electron chi connectivity index (χ4n) is 1.28. The van der Waals surface area contributed by atoms with Gasteiger partial charge in [-0.05, 0) is 30.5 Å². The summed E-state index contributed by atoms with van der Waals surface area (Å²) in [7, 11) is 0. The first kappa shape index (κ1) is 13.0. The Labute approximate surface area is 102 Å². The van der Waals surface area contributed by atoms with E-state index < -0.39 is 0 Å². The molecule has 0 saturated heterocycles. The van der Waals surface area contributed by atoms with Crippen molar-refractivity contribution in [3.8, 4) is 5.75 Å². The molecule has 0 saturated carbocycles. The van der Waals surface area contributed by atoms with E-state index in [4.69, 9.17) is 16.3 Å². The van der Waals surface area contributed by atoms with Gasteiger partial charge in [0.25, 0.3) is 0 Å². The van der Waals surface area contributed by atoms with E-state index in [2.05, 4.69) is 13.8 Å². The van der Waals surface area contributed by atoms with E-state index in [1.165, 1.54) is 0 Å². The van der Waals surface area contributed by atoms with Crippen molar-refractivity contribution in [2.75, 3.05) is 6.61 Å². The van der Waals surface area contributed by atoms with Crippen LogP contribution >= 0.6 is 11.6 Å². The van der Waals surface area contributed by atoms with Crippen molar-refractivity contribution in [1.82, 2.24) is 0 Å². The SMILES string of the molecule is CCC(C)CCOc1ccc(C=O)cc1Cl. The van der Waals surface area contributed by atoms with Crippen LogP contribution in [-0.2, 0) is 0 Å². The molecule has 2 nitrogen and oxygen atoms in total. The number of rotatable bonds is 6. The first-order valence-electron chi connectivity index (χ1n) is 5.55. The normalized spacial score (nSPS) is 12.2. The number of hydrogen-bond acceptors (Lipinski definition) is 2. The molecule has 0 aliphatic heterocycles. The fraction of sp³-hybridized carbons (Fsp3) is 0.462. The molecule has 0 aliphatic rings. The van der Waals surface area contributed by atoms with E-state index in [0.29, 0.717) is 28.9 Å². The van der Waals surface area contributed by atoms with Crippen molar-refractivity contribution in [1.29, 1.82) is 0 Å². The second kappa shape index (κ2) is 6.54. The predicted octanol–water partition coefficient (Wildman–Crippen LogP) is 3.97. The molecule has 1 aromatic carbocycles. The van der Waals surface area contributed by atoms with E-state index in [9.17, 15) is 4.79 Å². The lowest BCUT2D eigenvalue weighted by atomic mass is 10.1. The molecule has 0 aliphatic carbocycles. The van der Waals surface area contributed by atoms with Crippen molar-refractivity contribution in [2.45, 2.75) is 26.7 Å². The summed E-state index contributed by atoms with van der Waals surface area (Å²) in [6, 6.07) is 5.06. The Morgan fingerprint density at radius 3 is 2.81 bits per heavy atom. The van der Waals surface area contributed by atoms with Gasteiger partial charge in [-0.25, -0.2) is 0 Å². The monoisotopic (exact) mass is 240 g/mol. The Balaban J connectivity index is 2.51. The van der Waals surface area contributed by atoms with Crippen molar-refractivity contribution in [3.63, 3.8) is 0 Å². The number of benzene rings is 1. The third-order valence-corrected chi connectivity index (χ3v) is 2.95. The number of aldehydes is 1. The van der Waals surface area contributed by atoms with Crippen LogP contribution in [0.1, 0.15) is 37.0 Å². The molecule has 0 radical (unpaired) electrons. The second-order valence-electron chi connectivity index (χ2n) is 3.96. The number of carbonyl (C=O) groups excluding carboxylic acids is 1. The first-order chi connectivity index (χ1) is 7.67. The molecule has 0 bridgehead atoms. The van der Waals surface area contributed by atoms with E-state index in [1.807, 2.05) is 0 Å². The highest BCUT2D eigenvalue weighted by molar-refractivity contribution is 6.32. The summed E-state index contributed by atoms with van der Waals surface area (Å²) >= 11 is 5.97. The molecular weight excluding hydrogens is 224 g/mol. The summed E-state index contributed by atoms with van der Waals surface area (Å²) in [6.07, 6.45) is 2.94. The maximum Gasteiger partial charge on any atom is 0.150 e. The highest BCUT2D eigenvalue weighted by Crippen LogP contribution is 2.25. The topological polar surface area (TPSA) is 26.3 Å². The van der Waals surface area contributed by atoms with E-state index in [0.717, 1.165) is 19.1 Å². The van der Waals surface area contributed by atoms with Crippen LogP contribution in [0.4, 0.5) is 0 Å². The minimum Gasteiger partial charge on any atom is -0.492 e. The van der Waals surface area contributed by atoms with Gasteiger partial charge in [-0.1, -0.05) is 31.9 Å². The van der Waals surface area contributed by atoms with Crippen LogP contribution in [0.15, 0.2) is 18.2 Å². The molecule has 0 amide bonds. The number of ether oxygens (including phenoxy) is 1. The first-order valence-corrected chi connectivity index (χ1v) is 5.92. The zero-order valence-corrected chi connectivity index (χ0v) is 10.5. The molecule has 0 N–H and O–H groups in total. The molecule has 1 aromatic rings. The molecule has 88 valence electrons. The van der Waals surface area contributed by atoms with Gasteiger partial charge in [-0.2, -0.15) is 0 Å². The molecule has 0 heterocycles. The average Bonchev–Trinajstić information content (AvgIpc) is 2.30. The summed E-state index contributed by atoms with van der Waals surface area (Å²) in [5.41, 5.74) is 0.569. The van der Waals surface area contributed by atoms with Crippen molar-refractivity contribution in [3.05, 3.63) is 28.8 Å². The highest BCUT2D eigenvalue weighted by Gasteiger charge is 2.04. The molecule has 1 unspecified atom stereocenters. The van der Waals surface area contributed by atoms with Crippen LogP contribution in [0.5, 0.6) is 5.75 Å². The molecule has 0 spiro atoms. The maximum atomic E-state index is 10.5. The van der Waals surface area contributed by atoms with E-state index in [-0.39, 0.29) is 0 Å². The van der Waals surface area contributed by atoms with Gasteiger partial charge in [0.1, 0.15) is 12.0 Å². The van der Waals surface area contributed by atoms with Crippen molar-refractivity contribution < 1.29 is 9.53 Å². The molecule has 1 rings (SSSR count). The second-order valence-corrected chi connectivity index (χ2v) is 4.37. The predicted molar refractivity (Wildman–Crippen MR) is 66.4 cm³/mol. The highest BCUT2D eigenvalue weighted by atomic mass is 35.5. The Kier molecular flexibility index (Phi) is 5.33. The lowest BCUT2D eigenvalue weighted by Gasteiger charge is -2.11. The third-order valence-electron chi connectivity index (χ3n) is 2.66. The van der Waals surface area contributed by atoms with Crippen LogP contribution in [0.2, 0.25) is 5.02 Å². The van der Waals surface area contributed by atoms with E-state index >= 15 is 0 Å². The lowest BCUT2D eigenvalue weighted by Crippen LogP contribution is -2.03. The Morgan fingerprint density at radius 1 is 1.50 bits per heavy atom. The smallest absolute Gasteiger partial charge is 0.150 e. The minimum absolute atomic E-state index is 0.494. The molecule has 16 heavy (non-hydrogen) atoms. The molecule has 3 heteroatoms. The zero-order chi connectivity index (χ0) is 12.0. The summed E-state index contributed by atoms with van der Waals surface area (Å²) in [6.45, 7) is 5.02. The third kappa shape index (κ3) is 3.86. The van der Waals surface area contributed by atoms with Gasteiger partial charge < -0.3 is 4.74 Å². The summed E-state index contributed by atoms with van der Waals surface area (Å²) in [5.74, 6) is 1.31. The van der Waals surface area contributed by atoms with Crippen LogP contribution in [0, 0.1) is 5.92 Å². The van der Waals surface area contributed by atoms with Gasteiger partial charge in [0, 0.05) is 5.56 Å². The van der Waals surface area contributed by atoms with Crippen LogP contribution < -0.4 is 4.74 Å². The number of halogens is 1. The fourth-order valence-corrected chi connectivity index (χ4v) is 1.53. The Bertz CT molecular complexity index is 350. The average molecular weight is 241 g/mol. The molecule has 0 aromatic heterocycles. The summed E-state index contributed by atoms with van der Waals surface area (Å²) in [4.78, 5) is 10.5. The summed E-state index contributed by atoms with van der Waals surface area (Å²) in [5, 5.41) is 0.494. The number of hydrogen-bond donors (Lipinski definition) is 0. The Morgan fingerprint density at radius 2 is 2.25 bits per heavy atom.